The fraction of sp³-hybridized carbons (Fsp3) is 0.455. The van der Waals surface area contributed by atoms with Gasteiger partial charge in [0.1, 0.15) is 11.6 Å². The second-order valence-electron chi connectivity index (χ2n) is 7.84. The Labute approximate surface area is 155 Å². The second-order valence-corrected chi connectivity index (χ2v) is 7.84. The molecule has 2 aliphatic rings. The van der Waals surface area contributed by atoms with Crippen molar-refractivity contribution in [3.8, 4) is 11.1 Å². The molecule has 1 unspecified atom stereocenters. The number of halogens is 5. The molecule has 2 aromatic carbocycles. The highest BCUT2D eigenvalue weighted by Gasteiger charge is 2.31. The molecule has 0 aromatic heterocycles. The third kappa shape index (κ3) is 3.37. The van der Waals surface area contributed by atoms with Gasteiger partial charge in [-0.1, -0.05) is 32.1 Å². The molecule has 0 spiro atoms. The first-order valence-corrected chi connectivity index (χ1v) is 9.60. The van der Waals surface area contributed by atoms with Crippen LogP contribution in [-0.2, 0) is 12.8 Å². The van der Waals surface area contributed by atoms with Crippen molar-refractivity contribution in [1.82, 2.24) is 0 Å². The number of fused-ring (bicyclic) bond motifs is 1. The van der Waals surface area contributed by atoms with Crippen molar-refractivity contribution in [1.29, 1.82) is 0 Å². The first-order chi connectivity index (χ1) is 13.0. The smallest absolute Gasteiger partial charge is 0.194 e. The van der Waals surface area contributed by atoms with E-state index in [9.17, 15) is 17.6 Å². The maximum atomic E-state index is 15.1. The Bertz CT molecular complexity index is 844. The Morgan fingerprint density at radius 3 is 2.00 bits per heavy atom. The van der Waals surface area contributed by atoms with Gasteiger partial charge in [-0.15, -0.1) is 0 Å². The minimum Gasteiger partial charge on any atom is -0.206 e. The number of benzene rings is 2. The Morgan fingerprint density at radius 2 is 1.33 bits per heavy atom. The van der Waals surface area contributed by atoms with Crippen LogP contribution in [0.5, 0.6) is 0 Å². The van der Waals surface area contributed by atoms with Crippen LogP contribution in [0.15, 0.2) is 18.2 Å². The van der Waals surface area contributed by atoms with E-state index in [-0.39, 0.29) is 5.56 Å². The molecular formula is C22H21F5. The van der Waals surface area contributed by atoms with Crippen LogP contribution in [0.1, 0.15) is 49.7 Å². The zero-order valence-corrected chi connectivity index (χ0v) is 14.9. The van der Waals surface area contributed by atoms with E-state index in [0.29, 0.717) is 47.9 Å². The van der Waals surface area contributed by atoms with Crippen LogP contribution < -0.4 is 0 Å². The number of hydrogen-bond donors (Lipinski definition) is 0. The SMILES string of the molecule is Fc1cc(-c2c(F)cc3c(c2F)CCC(C2CCCCC2)C3)cc(F)c1F. The lowest BCUT2D eigenvalue weighted by Gasteiger charge is -2.34. The van der Waals surface area contributed by atoms with Gasteiger partial charge in [-0.2, -0.15) is 0 Å². The lowest BCUT2D eigenvalue weighted by molar-refractivity contribution is 0.226. The van der Waals surface area contributed by atoms with Gasteiger partial charge in [-0.25, -0.2) is 22.0 Å². The predicted molar refractivity (Wildman–Crippen MR) is 93.8 cm³/mol. The van der Waals surface area contributed by atoms with Gasteiger partial charge in [0.05, 0.1) is 5.56 Å². The lowest BCUT2D eigenvalue weighted by atomic mass is 9.71. The van der Waals surface area contributed by atoms with Gasteiger partial charge < -0.3 is 0 Å². The Balaban J connectivity index is 1.70. The van der Waals surface area contributed by atoms with E-state index >= 15 is 4.39 Å². The molecule has 0 amide bonds. The third-order valence-corrected chi connectivity index (χ3v) is 6.25. The van der Waals surface area contributed by atoms with E-state index in [0.717, 1.165) is 6.42 Å². The van der Waals surface area contributed by atoms with E-state index < -0.39 is 34.6 Å². The van der Waals surface area contributed by atoms with Gasteiger partial charge in [0.25, 0.3) is 0 Å². The predicted octanol–water partition coefficient (Wildman–Crippen LogP) is 6.73. The van der Waals surface area contributed by atoms with Crippen LogP contribution in [0.3, 0.4) is 0 Å². The molecule has 0 saturated heterocycles. The van der Waals surface area contributed by atoms with Crippen molar-refractivity contribution >= 4 is 0 Å². The highest BCUT2D eigenvalue weighted by atomic mass is 19.2. The summed E-state index contributed by atoms with van der Waals surface area (Å²) >= 11 is 0. The lowest BCUT2D eigenvalue weighted by Crippen LogP contribution is -2.25. The molecule has 0 radical (unpaired) electrons. The van der Waals surface area contributed by atoms with Crippen molar-refractivity contribution in [2.45, 2.75) is 51.4 Å². The molecule has 1 saturated carbocycles. The Hall–Kier alpha value is -1.91. The zero-order chi connectivity index (χ0) is 19.1. The largest absolute Gasteiger partial charge is 0.206 e. The summed E-state index contributed by atoms with van der Waals surface area (Å²) in [5, 5.41) is 0. The molecule has 0 N–H and O–H groups in total. The molecule has 2 aliphatic carbocycles. The molecule has 0 bridgehead atoms. The summed E-state index contributed by atoms with van der Waals surface area (Å²) < 4.78 is 70.0. The van der Waals surface area contributed by atoms with Crippen LogP contribution in [0.25, 0.3) is 11.1 Å². The van der Waals surface area contributed by atoms with E-state index in [2.05, 4.69) is 0 Å². The number of rotatable bonds is 2. The minimum atomic E-state index is -1.65. The molecule has 144 valence electrons. The monoisotopic (exact) mass is 380 g/mol. The van der Waals surface area contributed by atoms with Gasteiger partial charge in [0, 0.05) is 0 Å². The van der Waals surface area contributed by atoms with E-state index in [4.69, 9.17) is 0 Å². The van der Waals surface area contributed by atoms with Crippen LogP contribution in [0.4, 0.5) is 22.0 Å². The number of hydrogen-bond acceptors (Lipinski definition) is 0. The topological polar surface area (TPSA) is 0 Å². The van der Waals surface area contributed by atoms with E-state index in [1.54, 1.807) is 0 Å². The molecule has 0 aliphatic heterocycles. The molecule has 0 nitrogen and oxygen atoms in total. The van der Waals surface area contributed by atoms with Gasteiger partial charge in [-0.3, -0.25) is 0 Å². The highest BCUT2D eigenvalue weighted by molar-refractivity contribution is 5.67. The van der Waals surface area contributed by atoms with Crippen LogP contribution in [-0.4, -0.2) is 0 Å². The summed E-state index contributed by atoms with van der Waals surface area (Å²) in [6.07, 6.45) is 8.02. The third-order valence-electron chi connectivity index (χ3n) is 6.25. The van der Waals surface area contributed by atoms with Crippen molar-refractivity contribution in [2.24, 2.45) is 11.8 Å². The summed E-state index contributed by atoms with van der Waals surface area (Å²) in [4.78, 5) is 0. The maximum absolute atomic E-state index is 15.1. The van der Waals surface area contributed by atoms with Gasteiger partial charge in [0.15, 0.2) is 17.5 Å². The molecule has 4 rings (SSSR count). The maximum Gasteiger partial charge on any atom is 0.194 e. The average Bonchev–Trinajstić information content (AvgIpc) is 2.66. The summed E-state index contributed by atoms with van der Waals surface area (Å²) in [6, 6.07) is 2.57. The first kappa shape index (κ1) is 18.5. The van der Waals surface area contributed by atoms with Gasteiger partial charge in [-0.05, 0) is 66.0 Å². The summed E-state index contributed by atoms with van der Waals surface area (Å²) in [7, 11) is 0. The van der Waals surface area contributed by atoms with Crippen molar-refractivity contribution in [2.75, 3.05) is 0 Å². The molecule has 1 fully saturated rings. The van der Waals surface area contributed by atoms with Crippen molar-refractivity contribution in [3.63, 3.8) is 0 Å². The van der Waals surface area contributed by atoms with Gasteiger partial charge >= 0.3 is 0 Å². The van der Waals surface area contributed by atoms with Gasteiger partial charge in [0.2, 0.25) is 0 Å². The highest BCUT2D eigenvalue weighted by Crippen LogP contribution is 2.41. The standard InChI is InChI=1S/C22H21F5/c23-17-9-14-8-13(12-4-2-1-3-5-12)6-7-16(14)21(26)20(17)15-10-18(24)22(27)19(25)11-15/h9-13H,1-8H2. The molecule has 5 heteroatoms. The summed E-state index contributed by atoms with van der Waals surface area (Å²) in [5.74, 6) is -5.16. The molecular weight excluding hydrogens is 359 g/mol. The summed E-state index contributed by atoms with van der Waals surface area (Å²) in [5.41, 5.74) is 0.267. The van der Waals surface area contributed by atoms with Crippen LogP contribution >= 0.6 is 0 Å². The molecule has 0 heterocycles. The van der Waals surface area contributed by atoms with Crippen molar-refractivity contribution in [3.05, 3.63) is 58.4 Å². The normalized spacial score (nSPS) is 20.6. The van der Waals surface area contributed by atoms with E-state index in [1.165, 1.54) is 38.2 Å². The van der Waals surface area contributed by atoms with Crippen molar-refractivity contribution < 1.29 is 22.0 Å². The fourth-order valence-electron chi connectivity index (χ4n) is 4.85. The summed E-state index contributed by atoms with van der Waals surface area (Å²) in [6.45, 7) is 0. The van der Waals surface area contributed by atoms with Crippen LogP contribution in [0, 0.1) is 40.9 Å². The van der Waals surface area contributed by atoms with E-state index in [1.807, 2.05) is 0 Å². The first-order valence-electron chi connectivity index (χ1n) is 9.60. The average molecular weight is 380 g/mol. The second kappa shape index (κ2) is 7.25. The fourth-order valence-corrected chi connectivity index (χ4v) is 4.85. The Kier molecular flexibility index (Phi) is 4.95. The zero-order valence-electron chi connectivity index (χ0n) is 14.9. The minimum absolute atomic E-state index is 0.321. The molecule has 1 atom stereocenters. The molecule has 27 heavy (non-hydrogen) atoms. The Morgan fingerprint density at radius 1 is 0.667 bits per heavy atom. The molecule has 2 aromatic rings. The quantitative estimate of drug-likeness (QED) is 0.400. The van der Waals surface area contributed by atoms with Crippen LogP contribution in [0.2, 0.25) is 0 Å².